The van der Waals surface area contributed by atoms with Crippen molar-refractivity contribution in [3.8, 4) is 5.75 Å². The zero-order valence-electron chi connectivity index (χ0n) is 14.9. The number of ether oxygens (including phenoxy) is 1. The molecule has 0 fully saturated rings. The average molecular weight is 339 g/mol. The molecule has 0 bridgehead atoms. The maximum absolute atomic E-state index is 13.2. The fourth-order valence-corrected chi connectivity index (χ4v) is 3.59. The fourth-order valence-electron chi connectivity index (χ4n) is 3.59. The third kappa shape index (κ3) is 3.24. The molecule has 5 heteroatoms. The van der Waals surface area contributed by atoms with Crippen LogP contribution in [0.3, 0.4) is 0 Å². The minimum atomic E-state index is -0.968. The summed E-state index contributed by atoms with van der Waals surface area (Å²) >= 11 is 0. The summed E-state index contributed by atoms with van der Waals surface area (Å²) in [6.45, 7) is 3.23. The van der Waals surface area contributed by atoms with E-state index in [0.717, 1.165) is 35.4 Å². The van der Waals surface area contributed by atoms with Crippen molar-refractivity contribution >= 4 is 5.91 Å². The molecule has 0 saturated carbocycles. The standard InChI is InChI=1S/C20H25N3O2/c1-3-23(14-11-15-7-4-5-13-22-15)19(24)20(21)12-10-16-17(20)8-6-9-18(16)25-2/h4-9,13H,3,10-12,14,21H2,1-2H3. The quantitative estimate of drug-likeness (QED) is 0.877. The van der Waals surface area contributed by atoms with Crippen LogP contribution in [0.2, 0.25) is 0 Å². The molecule has 0 spiro atoms. The highest BCUT2D eigenvalue weighted by Crippen LogP contribution is 2.40. The monoisotopic (exact) mass is 339 g/mol. The Morgan fingerprint density at radius 1 is 1.32 bits per heavy atom. The maximum Gasteiger partial charge on any atom is 0.247 e. The highest BCUT2D eigenvalue weighted by Gasteiger charge is 2.44. The van der Waals surface area contributed by atoms with Gasteiger partial charge >= 0.3 is 0 Å². The average Bonchev–Trinajstić information content (AvgIpc) is 3.01. The topological polar surface area (TPSA) is 68.5 Å². The number of fused-ring (bicyclic) bond motifs is 1. The minimum Gasteiger partial charge on any atom is -0.496 e. The van der Waals surface area contributed by atoms with E-state index in [0.29, 0.717) is 19.5 Å². The Labute approximate surface area is 148 Å². The van der Waals surface area contributed by atoms with Crippen molar-refractivity contribution in [2.45, 2.75) is 31.7 Å². The Kier molecular flexibility index (Phi) is 5.04. The highest BCUT2D eigenvalue weighted by molar-refractivity contribution is 5.89. The fraction of sp³-hybridized carbons (Fsp3) is 0.400. The van der Waals surface area contributed by atoms with Crippen LogP contribution in [-0.4, -0.2) is 36.0 Å². The number of aromatic nitrogens is 1. The van der Waals surface area contributed by atoms with Crippen LogP contribution in [0.15, 0.2) is 42.6 Å². The van der Waals surface area contributed by atoms with Gasteiger partial charge in [0.2, 0.25) is 5.91 Å². The lowest BCUT2D eigenvalue weighted by atomic mass is 9.91. The largest absolute Gasteiger partial charge is 0.496 e. The first-order valence-electron chi connectivity index (χ1n) is 8.74. The zero-order chi connectivity index (χ0) is 17.9. The number of nitrogens with two attached hydrogens (primary N) is 1. The summed E-state index contributed by atoms with van der Waals surface area (Å²) in [5.74, 6) is 0.798. The summed E-state index contributed by atoms with van der Waals surface area (Å²) in [5.41, 5.74) is 8.59. The van der Waals surface area contributed by atoms with Crippen LogP contribution in [0, 0.1) is 0 Å². The van der Waals surface area contributed by atoms with Gasteiger partial charge in [-0.3, -0.25) is 9.78 Å². The molecule has 1 atom stereocenters. The zero-order valence-corrected chi connectivity index (χ0v) is 14.9. The summed E-state index contributed by atoms with van der Waals surface area (Å²) in [5, 5.41) is 0. The van der Waals surface area contributed by atoms with E-state index in [2.05, 4.69) is 4.98 Å². The first-order chi connectivity index (χ1) is 12.1. The van der Waals surface area contributed by atoms with E-state index in [1.807, 2.05) is 48.2 Å². The van der Waals surface area contributed by atoms with Crippen LogP contribution in [0.25, 0.3) is 0 Å². The number of carbonyl (C=O) groups excluding carboxylic acids is 1. The molecule has 3 rings (SSSR count). The van der Waals surface area contributed by atoms with Gasteiger partial charge in [-0.1, -0.05) is 18.2 Å². The van der Waals surface area contributed by atoms with E-state index in [-0.39, 0.29) is 5.91 Å². The van der Waals surface area contributed by atoms with E-state index in [1.165, 1.54) is 0 Å². The van der Waals surface area contributed by atoms with Crippen LogP contribution in [0.5, 0.6) is 5.75 Å². The summed E-state index contributed by atoms with van der Waals surface area (Å²) in [6, 6.07) is 11.6. The summed E-state index contributed by atoms with van der Waals surface area (Å²) < 4.78 is 5.43. The molecule has 1 unspecified atom stereocenters. The number of benzene rings is 1. The number of methoxy groups -OCH3 is 1. The molecular formula is C20H25N3O2. The van der Waals surface area contributed by atoms with Crippen molar-refractivity contribution in [3.05, 3.63) is 59.4 Å². The van der Waals surface area contributed by atoms with Crippen LogP contribution < -0.4 is 10.5 Å². The molecule has 1 aliphatic rings. The highest BCUT2D eigenvalue weighted by atomic mass is 16.5. The van der Waals surface area contributed by atoms with Gasteiger partial charge in [0, 0.05) is 31.4 Å². The van der Waals surface area contributed by atoms with Crippen molar-refractivity contribution in [1.29, 1.82) is 0 Å². The summed E-state index contributed by atoms with van der Waals surface area (Å²) in [6.07, 6.45) is 3.87. The molecule has 5 nitrogen and oxygen atoms in total. The summed E-state index contributed by atoms with van der Waals surface area (Å²) in [4.78, 5) is 19.4. The van der Waals surface area contributed by atoms with Gasteiger partial charge in [-0.15, -0.1) is 0 Å². The molecule has 1 aromatic heterocycles. The Hall–Kier alpha value is -2.40. The Morgan fingerprint density at radius 2 is 2.16 bits per heavy atom. The Morgan fingerprint density at radius 3 is 2.84 bits per heavy atom. The molecule has 25 heavy (non-hydrogen) atoms. The Bertz CT molecular complexity index is 748. The number of rotatable bonds is 6. The molecule has 132 valence electrons. The predicted octanol–water partition coefficient (Wildman–Crippen LogP) is 2.28. The van der Waals surface area contributed by atoms with E-state index >= 15 is 0 Å². The second kappa shape index (κ2) is 7.23. The van der Waals surface area contributed by atoms with Crippen LogP contribution >= 0.6 is 0 Å². The number of pyridine rings is 1. The van der Waals surface area contributed by atoms with Gasteiger partial charge in [-0.2, -0.15) is 0 Å². The maximum atomic E-state index is 13.2. The molecule has 2 aromatic rings. The minimum absolute atomic E-state index is 0.0158. The van der Waals surface area contributed by atoms with Crippen molar-refractivity contribution < 1.29 is 9.53 Å². The van der Waals surface area contributed by atoms with E-state index < -0.39 is 5.54 Å². The third-order valence-electron chi connectivity index (χ3n) is 5.02. The van der Waals surface area contributed by atoms with Gasteiger partial charge in [-0.25, -0.2) is 0 Å². The lowest BCUT2D eigenvalue weighted by molar-refractivity contribution is -0.137. The van der Waals surface area contributed by atoms with E-state index in [1.54, 1.807) is 13.3 Å². The molecule has 1 aliphatic carbocycles. The number of likely N-dealkylation sites (N-methyl/N-ethyl adjacent to an activating group) is 1. The normalized spacial score (nSPS) is 18.7. The molecular weight excluding hydrogens is 314 g/mol. The smallest absolute Gasteiger partial charge is 0.247 e. The Balaban J connectivity index is 1.80. The second-order valence-corrected chi connectivity index (χ2v) is 6.41. The van der Waals surface area contributed by atoms with Crippen LogP contribution in [0.4, 0.5) is 0 Å². The first kappa shape index (κ1) is 17.4. The molecule has 0 aliphatic heterocycles. The van der Waals surface area contributed by atoms with Gasteiger partial charge in [0.25, 0.3) is 0 Å². The van der Waals surface area contributed by atoms with E-state index in [4.69, 9.17) is 10.5 Å². The van der Waals surface area contributed by atoms with E-state index in [9.17, 15) is 4.79 Å². The molecule has 1 heterocycles. The van der Waals surface area contributed by atoms with Crippen LogP contribution in [0.1, 0.15) is 30.2 Å². The third-order valence-corrected chi connectivity index (χ3v) is 5.02. The molecule has 1 aromatic carbocycles. The van der Waals surface area contributed by atoms with Crippen molar-refractivity contribution in [1.82, 2.24) is 9.88 Å². The first-order valence-corrected chi connectivity index (χ1v) is 8.74. The lowest BCUT2D eigenvalue weighted by Crippen LogP contribution is -2.52. The van der Waals surface area contributed by atoms with Gasteiger partial charge in [0.1, 0.15) is 11.3 Å². The number of nitrogens with zero attached hydrogens (tertiary/aromatic N) is 2. The van der Waals surface area contributed by atoms with Crippen molar-refractivity contribution in [3.63, 3.8) is 0 Å². The second-order valence-electron chi connectivity index (χ2n) is 6.41. The molecule has 0 saturated heterocycles. The number of amides is 1. The van der Waals surface area contributed by atoms with Crippen LogP contribution in [-0.2, 0) is 23.2 Å². The van der Waals surface area contributed by atoms with Crippen molar-refractivity contribution in [2.24, 2.45) is 5.73 Å². The molecule has 0 radical (unpaired) electrons. The molecule has 2 N–H and O–H groups in total. The number of hydrogen-bond donors (Lipinski definition) is 1. The SMILES string of the molecule is CCN(CCc1ccccn1)C(=O)C1(N)CCc2c(OC)cccc21. The molecule has 1 amide bonds. The van der Waals surface area contributed by atoms with Gasteiger partial charge in [-0.05, 0) is 49.1 Å². The lowest BCUT2D eigenvalue weighted by Gasteiger charge is -2.31. The number of carbonyl (C=O) groups is 1. The number of hydrogen-bond acceptors (Lipinski definition) is 4. The van der Waals surface area contributed by atoms with Gasteiger partial charge in [0.15, 0.2) is 0 Å². The van der Waals surface area contributed by atoms with Gasteiger partial charge < -0.3 is 15.4 Å². The summed E-state index contributed by atoms with van der Waals surface area (Å²) in [7, 11) is 1.65. The predicted molar refractivity (Wildman–Crippen MR) is 97.4 cm³/mol. The van der Waals surface area contributed by atoms with Crippen molar-refractivity contribution in [2.75, 3.05) is 20.2 Å². The van der Waals surface area contributed by atoms with Gasteiger partial charge in [0.05, 0.1) is 7.11 Å².